The smallest absolute Gasteiger partial charge is 0.246 e. The van der Waals surface area contributed by atoms with Crippen LogP contribution in [-0.2, 0) is 0 Å². The van der Waals surface area contributed by atoms with Crippen LogP contribution in [-0.4, -0.2) is 11.6 Å². The van der Waals surface area contributed by atoms with E-state index in [1.165, 1.54) is 76.3 Å². The summed E-state index contributed by atoms with van der Waals surface area (Å²) in [5.74, 6) is 1.33. The normalized spacial score (nSPS) is 14.8. The largest absolute Gasteiger partial charge is 0.449 e. The predicted molar refractivity (Wildman–Crippen MR) is 247 cm³/mol. The highest BCUT2D eigenvalue weighted by molar-refractivity contribution is 7.80. The van der Waals surface area contributed by atoms with Crippen molar-refractivity contribution < 1.29 is 18.9 Å². The lowest BCUT2D eigenvalue weighted by Crippen LogP contribution is -2.31. The molecule has 0 atom stereocenters. The zero-order chi connectivity index (χ0) is 41.6. The van der Waals surface area contributed by atoms with E-state index in [4.69, 9.17) is 18.9 Å². The lowest BCUT2D eigenvalue weighted by atomic mass is 9.98. The van der Waals surface area contributed by atoms with Crippen molar-refractivity contribution in [3.63, 3.8) is 0 Å². The topological polar surface area (TPSA) is 36.9 Å². The maximum atomic E-state index is 7.08. The summed E-state index contributed by atoms with van der Waals surface area (Å²) in [5, 5.41) is 7.60. The van der Waals surface area contributed by atoms with Gasteiger partial charge in [0.25, 0.3) is 0 Å². The van der Waals surface area contributed by atoms with E-state index in [1.807, 2.05) is 27.7 Å². The molecule has 2 aliphatic rings. The second kappa shape index (κ2) is 14.6. The molecular weight excluding hydrogens is 751 g/mol. The van der Waals surface area contributed by atoms with Crippen molar-refractivity contribution in [2.75, 3.05) is 0 Å². The maximum Gasteiger partial charge on any atom is 0.246 e. The van der Waals surface area contributed by atoms with E-state index in [0.717, 1.165) is 45.3 Å². The van der Waals surface area contributed by atoms with Gasteiger partial charge in [0.15, 0.2) is 23.0 Å². The molecule has 58 heavy (non-hydrogen) atoms. The van der Waals surface area contributed by atoms with E-state index in [-0.39, 0.29) is 0 Å². The van der Waals surface area contributed by atoms with Gasteiger partial charge in [0.2, 0.25) is 11.6 Å². The lowest BCUT2D eigenvalue weighted by molar-refractivity contribution is -0.0444. The van der Waals surface area contributed by atoms with E-state index in [9.17, 15) is 0 Å². The maximum absolute atomic E-state index is 7.08. The monoisotopic (exact) mass is 806 g/mol. The second-order valence-electron chi connectivity index (χ2n) is 17.8. The van der Waals surface area contributed by atoms with Crippen molar-refractivity contribution in [2.45, 2.75) is 109 Å². The van der Waals surface area contributed by atoms with Crippen LogP contribution in [0.3, 0.4) is 0 Å². The van der Waals surface area contributed by atoms with Gasteiger partial charge in [-0.05, 0) is 140 Å². The fourth-order valence-corrected chi connectivity index (χ4v) is 14.9. The van der Waals surface area contributed by atoms with E-state index >= 15 is 0 Å². The number of benzene rings is 6. The molecule has 0 saturated carbocycles. The molecule has 6 aromatic rings. The van der Waals surface area contributed by atoms with Gasteiger partial charge in [0, 0.05) is 38.8 Å². The first-order valence-electron chi connectivity index (χ1n) is 20.3. The molecule has 0 aromatic heterocycles. The third-order valence-corrected chi connectivity index (χ3v) is 15.6. The highest BCUT2D eigenvalue weighted by Gasteiger charge is 2.44. The number of aryl methyl sites for hydroxylation is 10. The molecule has 0 unspecified atom stereocenters. The van der Waals surface area contributed by atoms with E-state index in [2.05, 4.69) is 154 Å². The summed E-state index contributed by atoms with van der Waals surface area (Å²) in [4.78, 5) is 0. The average molecular weight is 807 g/mol. The Morgan fingerprint density at radius 1 is 0.310 bits per heavy atom. The Morgan fingerprint density at radius 3 is 0.776 bits per heavy atom. The van der Waals surface area contributed by atoms with Crippen molar-refractivity contribution in [3.05, 3.63) is 141 Å². The van der Waals surface area contributed by atoms with Gasteiger partial charge in [0.05, 0.1) is 0 Å². The first-order chi connectivity index (χ1) is 27.3. The first-order valence-corrected chi connectivity index (χ1v) is 23.0. The summed E-state index contributed by atoms with van der Waals surface area (Å²) in [6.45, 7) is 30.0. The molecule has 2 aliphatic heterocycles. The van der Waals surface area contributed by atoms with Crippen LogP contribution in [0.5, 0.6) is 23.0 Å². The minimum Gasteiger partial charge on any atom is -0.449 e. The van der Waals surface area contributed by atoms with Gasteiger partial charge in [-0.15, -0.1) is 0 Å². The van der Waals surface area contributed by atoms with Crippen LogP contribution < -0.4 is 50.8 Å². The minimum absolute atomic E-state index is 0.762. The van der Waals surface area contributed by atoms with Crippen LogP contribution in [0.25, 0.3) is 11.1 Å². The van der Waals surface area contributed by atoms with Crippen LogP contribution in [0.15, 0.2) is 84.9 Å². The quantitative estimate of drug-likeness (QED) is 0.151. The summed E-state index contributed by atoms with van der Waals surface area (Å²) in [5.41, 5.74) is 14.1. The molecule has 8 rings (SSSR count). The Balaban J connectivity index is 1.58. The standard InChI is InChI=1S/C52H56O4P2/c1-29-15-30(2)20-39(19-29)57(40-21-31(3)16-32(4)22-40)43-27-37(9)47-49(55-51(11,12)53-47)45(43)46-44(28-38(10)48-50(46)56-52(13,14)54-48)58(41-23-33(5)17-34(6)24-41)42-25-35(7)18-36(8)26-42/h15-28H,1-14H3. The predicted octanol–water partition coefficient (Wildman–Crippen LogP) is 11.0. The highest BCUT2D eigenvalue weighted by atomic mass is 31.1. The molecular formula is C52H56O4P2. The Hall–Kier alpha value is -4.62. The fraction of sp³-hybridized carbons (Fsp3) is 0.308. The first kappa shape index (κ1) is 40.2. The fourth-order valence-electron chi connectivity index (χ4n) is 8.99. The second-order valence-corrected chi connectivity index (χ2v) is 22.1. The van der Waals surface area contributed by atoms with Gasteiger partial charge in [-0.2, -0.15) is 0 Å². The summed E-state index contributed by atoms with van der Waals surface area (Å²) < 4.78 is 27.7. The van der Waals surface area contributed by atoms with E-state index < -0.39 is 27.4 Å². The Morgan fingerprint density at radius 2 is 0.534 bits per heavy atom. The molecule has 0 amide bonds. The van der Waals surface area contributed by atoms with Crippen LogP contribution in [0.1, 0.15) is 83.3 Å². The summed E-state index contributed by atoms with van der Waals surface area (Å²) in [6, 6.07) is 32.9. The van der Waals surface area contributed by atoms with Crippen LogP contribution in [0.2, 0.25) is 0 Å². The molecule has 0 N–H and O–H groups in total. The third-order valence-electron chi connectivity index (χ3n) is 10.8. The molecule has 6 heteroatoms. The van der Waals surface area contributed by atoms with Crippen LogP contribution >= 0.6 is 15.8 Å². The lowest BCUT2D eigenvalue weighted by Gasteiger charge is -2.29. The zero-order valence-corrected chi connectivity index (χ0v) is 38.4. The van der Waals surface area contributed by atoms with Crippen molar-refractivity contribution in [3.8, 4) is 34.1 Å². The molecule has 0 fully saturated rings. The molecule has 0 spiro atoms. The van der Waals surface area contributed by atoms with Crippen LogP contribution in [0.4, 0.5) is 0 Å². The molecule has 6 aromatic carbocycles. The van der Waals surface area contributed by atoms with Gasteiger partial charge in [-0.1, -0.05) is 117 Å². The molecule has 4 nitrogen and oxygen atoms in total. The van der Waals surface area contributed by atoms with Gasteiger partial charge in [-0.3, -0.25) is 0 Å². The van der Waals surface area contributed by atoms with Gasteiger partial charge in [0.1, 0.15) is 0 Å². The highest BCUT2D eigenvalue weighted by Crippen LogP contribution is 2.58. The zero-order valence-electron chi connectivity index (χ0n) is 36.6. The molecule has 2 heterocycles. The summed E-state index contributed by atoms with van der Waals surface area (Å²) in [7, 11) is -2.26. The number of rotatable bonds is 7. The minimum atomic E-state index is -1.13. The number of ether oxygens (including phenoxy) is 4. The van der Waals surface area contributed by atoms with Crippen molar-refractivity contribution in [2.24, 2.45) is 0 Å². The van der Waals surface area contributed by atoms with Crippen LogP contribution in [0, 0.1) is 69.2 Å². The van der Waals surface area contributed by atoms with E-state index in [1.54, 1.807) is 0 Å². The molecule has 0 saturated heterocycles. The average Bonchev–Trinajstić information content (AvgIpc) is 3.59. The van der Waals surface area contributed by atoms with Gasteiger partial charge < -0.3 is 18.9 Å². The number of fused-ring (bicyclic) bond motifs is 2. The van der Waals surface area contributed by atoms with Crippen molar-refractivity contribution in [1.82, 2.24) is 0 Å². The summed E-state index contributed by atoms with van der Waals surface area (Å²) in [6.07, 6.45) is 0. The molecule has 0 radical (unpaired) electrons. The number of hydrogen-bond acceptors (Lipinski definition) is 4. The van der Waals surface area contributed by atoms with Crippen molar-refractivity contribution >= 4 is 47.7 Å². The Labute approximate surface area is 348 Å². The van der Waals surface area contributed by atoms with E-state index in [0.29, 0.717) is 0 Å². The molecule has 0 bridgehead atoms. The van der Waals surface area contributed by atoms with Crippen molar-refractivity contribution in [1.29, 1.82) is 0 Å². The SMILES string of the molecule is Cc1cc(C)cc(P(c2cc(C)cc(C)c2)c2cc(C)c3c(c2-c2c(P(c4cc(C)cc(C)c4)c4cc(C)cc(C)c4)cc(C)c4c2OC(C)(C)O4)OC(C)(C)O3)c1. The van der Waals surface area contributed by atoms with Gasteiger partial charge >= 0.3 is 0 Å². The Kier molecular flexibility index (Phi) is 10.1. The van der Waals surface area contributed by atoms with Gasteiger partial charge in [-0.25, -0.2) is 0 Å². The Bertz CT molecular complexity index is 2290. The third kappa shape index (κ3) is 7.56. The summed E-state index contributed by atoms with van der Waals surface area (Å²) >= 11 is 0. The number of hydrogen-bond donors (Lipinski definition) is 0. The molecule has 0 aliphatic carbocycles. The molecule has 298 valence electrons.